The number of anilines is 1. The fourth-order valence-corrected chi connectivity index (χ4v) is 3.43. The van der Waals surface area contributed by atoms with Gasteiger partial charge in [0.05, 0.1) is 15.5 Å². The maximum absolute atomic E-state index is 12.4. The summed E-state index contributed by atoms with van der Waals surface area (Å²) in [5, 5.41) is 3.01. The molecule has 0 radical (unpaired) electrons. The van der Waals surface area contributed by atoms with Gasteiger partial charge in [-0.15, -0.1) is 0 Å². The topological polar surface area (TPSA) is 92.8 Å². The van der Waals surface area contributed by atoms with Crippen LogP contribution in [-0.4, -0.2) is 44.8 Å². The smallest absolute Gasteiger partial charge is 0.340 e. The summed E-state index contributed by atoms with van der Waals surface area (Å²) in [6.07, 6.45) is -1.16. The van der Waals surface area contributed by atoms with E-state index in [0.29, 0.717) is 10.7 Å². The molecule has 0 saturated heterocycles. The van der Waals surface area contributed by atoms with Crippen molar-refractivity contribution in [2.45, 2.75) is 17.9 Å². The van der Waals surface area contributed by atoms with Crippen LogP contribution in [0.25, 0.3) is 0 Å². The minimum absolute atomic E-state index is 0.00477. The molecule has 1 amide bonds. The van der Waals surface area contributed by atoms with Crippen LogP contribution in [0, 0.1) is 0 Å². The lowest BCUT2D eigenvalue weighted by molar-refractivity contribution is -0.123. The Bertz CT molecular complexity index is 1010. The quantitative estimate of drug-likeness (QED) is 0.688. The average molecular weight is 445 g/mol. The highest BCUT2D eigenvalue weighted by molar-refractivity contribution is 7.89. The lowest BCUT2D eigenvalue weighted by Crippen LogP contribution is -2.30. The Hall–Kier alpha value is -2.13. The van der Waals surface area contributed by atoms with E-state index >= 15 is 0 Å². The Kier molecular flexibility index (Phi) is 7.06. The van der Waals surface area contributed by atoms with Crippen LogP contribution < -0.4 is 5.32 Å². The zero-order valence-corrected chi connectivity index (χ0v) is 17.6. The van der Waals surface area contributed by atoms with E-state index in [2.05, 4.69) is 5.32 Å². The predicted octanol–water partition coefficient (Wildman–Crippen LogP) is 3.43. The first-order valence-electron chi connectivity index (χ1n) is 8.02. The SMILES string of the molecule is C[C@H](OC(=O)c1cc(S(=O)(=O)N(C)C)ccc1Cl)C(=O)Nc1cccc(Cl)c1. The van der Waals surface area contributed by atoms with Gasteiger partial charge in [-0.3, -0.25) is 4.79 Å². The van der Waals surface area contributed by atoms with Crippen molar-refractivity contribution in [1.82, 2.24) is 4.31 Å². The van der Waals surface area contributed by atoms with E-state index in [1.54, 1.807) is 24.3 Å². The number of hydrogen-bond acceptors (Lipinski definition) is 5. The fourth-order valence-electron chi connectivity index (χ4n) is 2.12. The van der Waals surface area contributed by atoms with Crippen LogP contribution in [-0.2, 0) is 19.6 Å². The number of carbonyl (C=O) groups excluding carboxylic acids is 2. The second-order valence-electron chi connectivity index (χ2n) is 5.98. The summed E-state index contributed by atoms with van der Waals surface area (Å²) >= 11 is 11.9. The number of benzene rings is 2. The van der Waals surface area contributed by atoms with Gasteiger partial charge in [0, 0.05) is 24.8 Å². The Labute approximate surface area is 173 Å². The lowest BCUT2D eigenvalue weighted by Gasteiger charge is -2.15. The van der Waals surface area contributed by atoms with E-state index in [0.717, 1.165) is 10.4 Å². The normalized spacial score (nSPS) is 12.5. The van der Waals surface area contributed by atoms with Crippen molar-refractivity contribution in [3.8, 4) is 0 Å². The summed E-state index contributed by atoms with van der Waals surface area (Å²) < 4.78 is 30.6. The van der Waals surface area contributed by atoms with Gasteiger partial charge in [0.15, 0.2) is 6.10 Å². The van der Waals surface area contributed by atoms with Gasteiger partial charge < -0.3 is 10.1 Å². The molecule has 0 heterocycles. The maximum Gasteiger partial charge on any atom is 0.340 e. The molecule has 2 aromatic rings. The molecule has 28 heavy (non-hydrogen) atoms. The van der Waals surface area contributed by atoms with E-state index in [1.165, 1.54) is 33.2 Å². The highest BCUT2D eigenvalue weighted by atomic mass is 35.5. The number of ether oxygens (including phenoxy) is 1. The molecule has 10 heteroatoms. The highest BCUT2D eigenvalue weighted by Crippen LogP contribution is 2.23. The molecule has 0 aliphatic carbocycles. The number of rotatable bonds is 6. The Morgan fingerprint density at radius 1 is 1.11 bits per heavy atom. The number of nitrogens with zero attached hydrogens (tertiary/aromatic N) is 1. The van der Waals surface area contributed by atoms with Crippen LogP contribution in [0.15, 0.2) is 47.4 Å². The van der Waals surface area contributed by atoms with Gasteiger partial charge >= 0.3 is 5.97 Å². The number of carbonyl (C=O) groups is 2. The molecule has 0 bridgehead atoms. The molecule has 0 fully saturated rings. The molecule has 150 valence electrons. The monoisotopic (exact) mass is 444 g/mol. The van der Waals surface area contributed by atoms with Crippen molar-refractivity contribution in [2.75, 3.05) is 19.4 Å². The molecule has 0 aromatic heterocycles. The second kappa shape index (κ2) is 8.91. The van der Waals surface area contributed by atoms with E-state index in [1.807, 2.05) is 0 Å². The molecule has 1 atom stereocenters. The third-order valence-electron chi connectivity index (χ3n) is 3.68. The van der Waals surface area contributed by atoms with Crippen LogP contribution in [0.4, 0.5) is 5.69 Å². The summed E-state index contributed by atoms with van der Waals surface area (Å²) in [7, 11) is -1.03. The maximum atomic E-state index is 12.4. The molecule has 2 rings (SSSR count). The van der Waals surface area contributed by atoms with Gasteiger partial charge in [0.25, 0.3) is 5.91 Å². The first-order chi connectivity index (χ1) is 13.0. The Morgan fingerprint density at radius 3 is 2.39 bits per heavy atom. The van der Waals surface area contributed by atoms with Gasteiger partial charge in [-0.25, -0.2) is 17.5 Å². The van der Waals surface area contributed by atoms with Crippen LogP contribution in [0.3, 0.4) is 0 Å². The summed E-state index contributed by atoms with van der Waals surface area (Å²) in [5.41, 5.74) is 0.282. The first-order valence-corrected chi connectivity index (χ1v) is 10.2. The van der Waals surface area contributed by atoms with E-state index < -0.39 is 28.0 Å². The second-order valence-corrected chi connectivity index (χ2v) is 8.97. The third-order valence-corrected chi connectivity index (χ3v) is 6.06. The van der Waals surface area contributed by atoms with Gasteiger partial charge in [0.2, 0.25) is 10.0 Å². The molecule has 0 aliphatic rings. The number of halogens is 2. The van der Waals surface area contributed by atoms with Gasteiger partial charge in [0.1, 0.15) is 0 Å². The van der Waals surface area contributed by atoms with Crippen LogP contribution in [0.1, 0.15) is 17.3 Å². The number of hydrogen-bond donors (Lipinski definition) is 1. The van der Waals surface area contributed by atoms with Crippen LogP contribution in [0.5, 0.6) is 0 Å². The van der Waals surface area contributed by atoms with Gasteiger partial charge in [-0.05, 0) is 43.3 Å². The van der Waals surface area contributed by atoms with Crippen molar-refractivity contribution in [2.24, 2.45) is 0 Å². The summed E-state index contributed by atoms with van der Waals surface area (Å²) in [4.78, 5) is 24.5. The summed E-state index contributed by atoms with van der Waals surface area (Å²) in [5.74, 6) is -1.50. The van der Waals surface area contributed by atoms with E-state index in [9.17, 15) is 18.0 Å². The molecular formula is C18H18Cl2N2O5S. The van der Waals surface area contributed by atoms with Crippen molar-refractivity contribution >= 4 is 50.8 Å². The average Bonchev–Trinajstić information content (AvgIpc) is 2.61. The number of nitrogens with one attached hydrogen (secondary N) is 1. The highest BCUT2D eigenvalue weighted by Gasteiger charge is 2.24. The fraction of sp³-hybridized carbons (Fsp3) is 0.222. The zero-order valence-electron chi connectivity index (χ0n) is 15.3. The first kappa shape index (κ1) is 22.2. The predicted molar refractivity (Wildman–Crippen MR) is 107 cm³/mol. The van der Waals surface area contributed by atoms with Crippen molar-refractivity contribution < 1.29 is 22.7 Å². The minimum Gasteiger partial charge on any atom is -0.449 e. The molecule has 0 spiro atoms. The molecule has 0 unspecified atom stereocenters. The molecule has 1 N–H and O–H groups in total. The number of sulfonamides is 1. The molecule has 7 nitrogen and oxygen atoms in total. The van der Waals surface area contributed by atoms with Crippen molar-refractivity contribution in [1.29, 1.82) is 0 Å². The zero-order chi connectivity index (χ0) is 21.1. The van der Waals surface area contributed by atoms with Gasteiger partial charge in [-0.2, -0.15) is 0 Å². The van der Waals surface area contributed by atoms with Gasteiger partial charge in [-0.1, -0.05) is 29.3 Å². The number of amides is 1. The Balaban J connectivity index is 2.16. The van der Waals surface area contributed by atoms with Crippen LogP contribution in [0.2, 0.25) is 10.0 Å². The van der Waals surface area contributed by atoms with E-state index in [4.69, 9.17) is 27.9 Å². The Morgan fingerprint density at radius 2 is 1.79 bits per heavy atom. The number of esters is 1. The molecule has 0 aliphatic heterocycles. The third kappa shape index (κ3) is 5.23. The molecular weight excluding hydrogens is 427 g/mol. The molecule has 2 aromatic carbocycles. The standard InChI is InChI=1S/C18H18Cl2N2O5S/c1-11(17(23)21-13-6-4-5-12(19)9-13)27-18(24)15-10-14(7-8-16(15)20)28(25,26)22(2)3/h4-11H,1-3H3,(H,21,23)/t11-/m0/s1. The van der Waals surface area contributed by atoms with E-state index in [-0.39, 0.29) is 15.5 Å². The summed E-state index contributed by atoms with van der Waals surface area (Å²) in [6, 6.07) is 10.2. The van der Waals surface area contributed by atoms with Crippen molar-refractivity contribution in [3.63, 3.8) is 0 Å². The lowest BCUT2D eigenvalue weighted by atomic mass is 10.2. The summed E-state index contributed by atoms with van der Waals surface area (Å²) in [6.45, 7) is 1.38. The van der Waals surface area contributed by atoms with Crippen molar-refractivity contribution in [3.05, 3.63) is 58.1 Å². The minimum atomic E-state index is -3.76. The van der Waals surface area contributed by atoms with Crippen LogP contribution >= 0.6 is 23.2 Å². The largest absolute Gasteiger partial charge is 0.449 e. The molecule has 0 saturated carbocycles.